The number of nitrogens with zero attached hydrogens (tertiary/aromatic N) is 1. The van der Waals surface area contributed by atoms with E-state index in [1.807, 2.05) is 78.9 Å². The van der Waals surface area contributed by atoms with Gasteiger partial charge in [0.05, 0.1) is 12.9 Å². The van der Waals surface area contributed by atoms with Gasteiger partial charge in [0.2, 0.25) is 11.8 Å². The van der Waals surface area contributed by atoms with Crippen molar-refractivity contribution in [3.63, 3.8) is 0 Å². The van der Waals surface area contributed by atoms with Crippen LogP contribution >= 0.6 is 11.8 Å². The summed E-state index contributed by atoms with van der Waals surface area (Å²) < 4.78 is 5.22. The number of amides is 2. The second-order valence-corrected chi connectivity index (χ2v) is 8.35. The van der Waals surface area contributed by atoms with Gasteiger partial charge in [-0.3, -0.25) is 14.5 Å². The normalized spacial score (nSPS) is 15.7. The van der Waals surface area contributed by atoms with E-state index in [0.29, 0.717) is 18.6 Å². The molecule has 0 aromatic heterocycles. The molecule has 1 fully saturated rings. The minimum atomic E-state index is -0.137. The van der Waals surface area contributed by atoms with E-state index in [9.17, 15) is 9.59 Å². The third kappa shape index (κ3) is 5.09. The molecule has 0 bridgehead atoms. The Morgan fingerprint density at radius 2 is 1.84 bits per heavy atom. The predicted octanol–water partition coefficient (Wildman–Crippen LogP) is 5.05. The topological polar surface area (TPSA) is 58.6 Å². The molecular formula is C25H24N2O3S. The maximum absolute atomic E-state index is 12.6. The van der Waals surface area contributed by atoms with Crippen LogP contribution in [0.15, 0.2) is 78.9 Å². The molecule has 0 unspecified atom stereocenters. The Bertz CT molecular complexity index is 1050. The molecule has 1 aliphatic heterocycles. The van der Waals surface area contributed by atoms with Crippen molar-refractivity contribution in [2.45, 2.75) is 18.2 Å². The van der Waals surface area contributed by atoms with Crippen LogP contribution < -0.4 is 15.0 Å². The number of anilines is 2. The van der Waals surface area contributed by atoms with E-state index >= 15 is 0 Å². The SMILES string of the molecule is COc1ccc(N2C(=O)CS[C@@H]2c2cccc(NC(=O)CCc3ccccc3)c2)cc1. The highest BCUT2D eigenvalue weighted by atomic mass is 32.2. The van der Waals surface area contributed by atoms with Crippen molar-refractivity contribution in [3.8, 4) is 5.75 Å². The van der Waals surface area contributed by atoms with Crippen molar-refractivity contribution in [2.24, 2.45) is 0 Å². The summed E-state index contributed by atoms with van der Waals surface area (Å²) in [7, 11) is 1.62. The number of carbonyl (C=O) groups is 2. The van der Waals surface area contributed by atoms with Crippen LogP contribution in [0.2, 0.25) is 0 Å². The molecule has 1 heterocycles. The standard InChI is InChI=1S/C25H24N2O3S/c1-30-22-13-11-21(12-14-22)27-24(29)17-31-25(27)19-8-5-9-20(16-19)26-23(28)15-10-18-6-3-2-4-7-18/h2-9,11-14,16,25H,10,15,17H2,1H3,(H,26,28)/t25-/m1/s1. The highest BCUT2D eigenvalue weighted by Crippen LogP contribution is 2.42. The van der Waals surface area contributed by atoms with E-state index in [-0.39, 0.29) is 17.2 Å². The Hall–Kier alpha value is -3.25. The molecule has 1 saturated heterocycles. The average Bonchev–Trinajstić information content (AvgIpc) is 3.20. The predicted molar refractivity (Wildman–Crippen MR) is 126 cm³/mol. The number of carbonyl (C=O) groups excluding carboxylic acids is 2. The molecule has 0 aliphatic carbocycles. The first kappa shape index (κ1) is 21.0. The van der Waals surface area contributed by atoms with E-state index in [2.05, 4.69) is 5.32 Å². The largest absolute Gasteiger partial charge is 0.497 e. The zero-order chi connectivity index (χ0) is 21.6. The average molecular weight is 433 g/mol. The molecule has 6 heteroatoms. The van der Waals surface area contributed by atoms with Crippen molar-refractivity contribution < 1.29 is 14.3 Å². The van der Waals surface area contributed by atoms with E-state index in [0.717, 1.165) is 28.3 Å². The van der Waals surface area contributed by atoms with Gasteiger partial charge in [-0.15, -0.1) is 11.8 Å². The second-order valence-electron chi connectivity index (χ2n) is 7.28. The van der Waals surface area contributed by atoms with Gasteiger partial charge in [0.15, 0.2) is 0 Å². The quantitative estimate of drug-likeness (QED) is 0.568. The molecule has 3 aromatic carbocycles. The number of aryl methyl sites for hydroxylation is 1. The van der Waals surface area contributed by atoms with Gasteiger partial charge in [0, 0.05) is 17.8 Å². The Kier molecular flexibility index (Phi) is 6.57. The van der Waals surface area contributed by atoms with Gasteiger partial charge in [-0.05, 0) is 53.9 Å². The molecule has 31 heavy (non-hydrogen) atoms. The molecule has 1 aliphatic rings. The fourth-order valence-corrected chi connectivity index (χ4v) is 4.76. The zero-order valence-corrected chi connectivity index (χ0v) is 18.1. The summed E-state index contributed by atoms with van der Waals surface area (Å²) in [5.41, 5.74) is 3.69. The van der Waals surface area contributed by atoms with E-state index in [1.165, 1.54) is 0 Å². The van der Waals surface area contributed by atoms with Gasteiger partial charge in [0.1, 0.15) is 11.1 Å². The number of ether oxygens (including phenoxy) is 1. The molecule has 1 N–H and O–H groups in total. The first-order valence-corrected chi connectivity index (χ1v) is 11.2. The second kappa shape index (κ2) is 9.71. The summed E-state index contributed by atoms with van der Waals surface area (Å²) in [6.07, 6.45) is 1.12. The number of nitrogens with one attached hydrogen (secondary N) is 1. The molecular weight excluding hydrogens is 408 g/mol. The highest BCUT2D eigenvalue weighted by Gasteiger charge is 2.34. The van der Waals surface area contributed by atoms with Crippen LogP contribution in [-0.2, 0) is 16.0 Å². The number of benzene rings is 3. The molecule has 0 saturated carbocycles. The molecule has 0 spiro atoms. The maximum Gasteiger partial charge on any atom is 0.238 e. The van der Waals surface area contributed by atoms with Crippen molar-refractivity contribution >= 4 is 35.0 Å². The van der Waals surface area contributed by atoms with Gasteiger partial charge >= 0.3 is 0 Å². The lowest BCUT2D eigenvalue weighted by molar-refractivity contribution is -0.116. The first-order valence-electron chi connectivity index (χ1n) is 10.2. The van der Waals surface area contributed by atoms with Crippen molar-refractivity contribution in [3.05, 3.63) is 90.0 Å². The number of methoxy groups -OCH3 is 1. The fourth-order valence-electron chi connectivity index (χ4n) is 3.59. The molecule has 4 rings (SSSR count). The monoisotopic (exact) mass is 432 g/mol. The smallest absolute Gasteiger partial charge is 0.238 e. The zero-order valence-electron chi connectivity index (χ0n) is 17.3. The van der Waals surface area contributed by atoms with E-state index < -0.39 is 0 Å². The van der Waals surface area contributed by atoms with E-state index in [4.69, 9.17) is 4.74 Å². The highest BCUT2D eigenvalue weighted by molar-refractivity contribution is 8.00. The Morgan fingerprint density at radius 1 is 1.06 bits per heavy atom. The van der Waals surface area contributed by atoms with Crippen LogP contribution in [0, 0.1) is 0 Å². The van der Waals surface area contributed by atoms with Crippen LogP contribution in [0.5, 0.6) is 5.75 Å². The third-order valence-corrected chi connectivity index (χ3v) is 6.37. The number of thioether (sulfide) groups is 1. The van der Waals surface area contributed by atoms with Crippen molar-refractivity contribution in [1.29, 1.82) is 0 Å². The van der Waals surface area contributed by atoms with Crippen LogP contribution in [0.25, 0.3) is 0 Å². The lowest BCUT2D eigenvalue weighted by Crippen LogP contribution is -2.27. The fraction of sp³-hybridized carbons (Fsp3) is 0.200. The Labute approximate surface area is 186 Å². The molecule has 1 atom stereocenters. The van der Waals surface area contributed by atoms with Gasteiger partial charge in [-0.1, -0.05) is 42.5 Å². The summed E-state index contributed by atoms with van der Waals surface area (Å²) in [4.78, 5) is 26.8. The molecule has 158 valence electrons. The molecule has 5 nitrogen and oxygen atoms in total. The third-order valence-electron chi connectivity index (χ3n) is 5.16. The summed E-state index contributed by atoms with van der Waals surface area (Å²) >= 11 is 1.58. The number of hydrogen-bond donors (Lipinski definition) is 1. The van der Waals surface area contributed by atoms with Gasteiger partial charge in [-0.25, -0.2) is 0 Å². The number of hydrogen-bond acceptors (Lipinski definition) is 4. The van der Waals surface area contributed by atoms with E-state index in [1.54, 1.807) is 23.8 Å². The van der Waals surface area contributed by atoms with Gasteiger partial charge in [0.25, 0.3) is 0 Å². The van der Waals surface area contributed by atoms with Gasteiger partial charge in [-0.2, -0.15) is 0 Å². The first-order chi connectivity index (χ1) is 15.1. The molecule has 0 radical (unpaired) electrons. The number of rotatable bonds is 7. The Morgan fingerprint density at radius 3 is 2.58 bits per heavy atom. The minimum Gasteiger partial charge on any atom is -0.497 e. The molecule has 2 amide bonds. The molecule has 3 aromatic rings. The van der Waals surface area contributed by atoms with Crippen LogP contribution in [-0.4, -0.2) is 24.7 Å². The summed E-state index contributed by atoms with van der Waals surface area (Å²) in [6, 6.07) is 25.2. The van der Waals surface area contributed by atoms with Gasteiger partial charge < -0.3 is 10.1 Å². The van der Waals surface area contributed by atoms with Crippen molar-refractivity contribution in [2.75, 3.05) is 23.1 Å². The van der Waals surface area contributed by atoms with Crippen LogP contribution in [0.3, 0.4) is 0 Å². The Balaban J connectivity index is 1.46. The maximum atomic E-state index is 12.6. The lowest BCUT2D eigenvalue weighted by atomic mass is 10.1. The summed E-state index contributed by atoms with van der Waals surface area (Å²) in [5.74, 6) is 1.21. The van der Waals surface area contributed by atoms with Crippen LogP contribution in [0.4, 0.5) is 11.4 Å². The van der Waals surface area contributed by atoms with Crippen LogP contribution in [0.1, 0.15) is 22.9 Å². The summed E-state index contributed by atoms with van der Waals surface area (Å²) in [5, 5.41) is 2.85. The minimum absolute atomic E-state index is 0.0248. The van der Waals surface area contributed by atoms with Crippen molar-refractivity contribution in [1.82, 2.24) is 0 Å². The lowest BCUT2D eigenvalue weighted by Gasteiger charge is -2.25. The summed E-state index contributed by atoms with van der Waals surface area (Å²) in [6.45, 7) is 0.